The molecule has 0 radical (unpaired) electrons. The van der Waals surface area contributed by atoms with Gasteiger partial charge in [0, 0.05) is 30.9 Å². The van der Waals surface area contributed by atoms with Crippen molar-refractivity contribution in [2.45, 2.75) is 50.8 Å². The predicted molar refractivity (Wildman–Crippen MR) is 92.2 cm³/mol. The normalized spacial score (nSPS) is 28.4. The van der Waals surface area contributed by atoms with Crippen LogP contribution in [0, 0.1) is 0 Å². The molecule has 0 amide bonds. The summed E-state index contributed by atoms with van der Waals surface area (Å²) in [6.07, 6.45) is 3.59. The van der Waals surface area contributed by atoms with E-state index in [1.807, 2.05) is 18.2 Å². The Morgan fingerprint density at radius 1 is 1.30 bits per heavy atom. The van der Waals surface area contributed by atoms with Crippen molar-refractivity contribution in [3.63, 3.8) is 0 Å². The molecular formula is C17H26N2O3S. The van der Waals surface area contributed by atoms with E-state index >= 15 is 0 Å². The van der Waals surface area contributed by atoms with Crippen LogP contribution in [0.3, 0.4) is 0 Å². The van der Waals surface area contributed by atoms with Gasteiger partial charge in [-0.2, -0.15) is 0 Å². The Bertz CT molecular complexity index is 600. The minimum absolute atomic E-state index is 0.0142. The minimum Gasteiger partial charge on any atom is -0.378 e. The highest BCUT2D eigenvalue weighted by atomic mass is 32.2. The molecule has 0 aromatic heterocycles. The highest BCUT2D eigenvalue weighted by Gasteiger charge is 2.32. The Balaban J connectivity index is 1.53. The van der Waals surface area contributed by atoms with Gasteiger partial charge in [-0.25, -0.2) is 13.1 Å². The third-order valence-corrected chi connectivity index (χ3v) is 6.21. The summed E-state index contributed by atoms with van der Waals surface area (Å²) in [5.41, 5.74) is 1.15. The lowest BCUT2D eigenvalue weighted by atomic mass is 10.2. The van der Waals surface area contributed by atoms with E-state index in [1.165, 1.54) is 0 Å². The number of hydrogen-bond donors (Lipinski definition) is 1. The molecule has 3 rings (SSSR count). The first kappa shape index (κ1) is 16.7. The zero-order valence-electron chi connectivity index (χ0n) is 13.6. The standard InChI is InChI=1S/C17H26N2O3S/c1-14-12-15(13-19(14)16-6-3-2-4-7-16)18-23(20,21)11-9-17-8-5-10-22-17/h2-4,6-7,14-15,17-18H,5,8-13H2,1H3/t14-,15-,17-/m1/s1. The first-order valence-corrected chi connectivity index (χ1v) is 10.1. The van der Waals surface area contributed by atoms with Gasteiger partial charge >= 0.3 is 0 Å². The summed E-state index contributed by atoms with van der Waals surface area (Å²) in [6.45, 7) is 3.64. The van der Waals surface area contributed by atoms with Gasteiger partial charge in [0.15, 0.2) is 0 Å². The van der Waals surface area contributed by atoms with E-state index in [0.29, 0.717) is 12.5 Å². The Morgan fingerprint density at radius 3 is 2.78 bits per heavy atom. The summed E-state index contributed by atoms with van der Waals surface area (Å²) in [5.74, 6) is 0.161. The molecule has 3 atom stereocenters. The Morgan fingerprint density at radius 2 is 2.09 bits per heavy atom. The number of para-hydroxylation sites is 1. The molecule has 2 fully saturated rings. The van der Waals surface area contributed by atoms with Gasteiger partial charge in [-0.3, -0.25) is 0 Å². The highest BCUT2D eigenvalue weighted by molar-refractivity contribution is 7.89. The second kappa shape index (κ2) is 7.20. The lowest BCUT2D eigenvalue weighted by molar-refractivity contribution is 0.108. The summed E-state index contributed by atoms with van der Waals surface area (Å²) in [6, 6.07) is 10.5. The van der Waals surface area contributed by atoms with Crippen LogP contribution >= 0.6 is 0 Å². The number of sulfonamides is 1. The van der Waals surface area contributed by atoms with Crippen LogP contribution in [0.4, 0.5) is 5.69 Å². The van der Waals surface area contributed by atoms with E-state index in [0.717, 1.165) is 38.1 Å². The Hall–Kier alpha value is -1.11. The fourth-order valence-electron chi connectivity index (χ4n) is 3.57. The van der Waals surface area contributed by atoms with Crippen molar-refractivity contribution in [1.29, 1.82) is 0 Å². The van der Waals surface area contributed by atoms with Gasteiger partial charge in [-0.15, -0.1) is 0 Å². The molecule has 6 heteroatoms. The third-order valence-electron chi connectivity index (χ3n) is 4.74. The molecule has 5 nitrogen and oxygen atoms in total. The topological polar surface area (TPSA) is 58.6 Å². The van der Waals surface area contributed by atoms with Gasteiger partial charge in [-0.1, -0.05) is 18.2 Å². The first-order valence-electron chi connectivity index (χ1n) is 8.47. The fourth-order valence-corrected chi connectivity index (χ4v) is 4.94. The molecule has 23 heavy (non-hydrogen) atoms. The van der Waals surface area contributed by atoms with Crippen LogP contribution in [0.25, 0.3) is 0 Å². The maximum Gasteiger partial charge on any atom is 0.212 e. The summed E-state index contributed by atoms with van der Waals surface area (Å²) in [4.78, 5) is 2.27. The number of rotatable bonds is 6. The molecule has 0 unspecified atom stereocenters. The van der Waals surface area contributed by atoms with Crippen molar-refractivity contribution >= 4 is 15.7 Å². The van der Waals surface area contributed by atoms with Crippen LogP contribution in [0.2, 0.25) is 0 Å². The second-order valence-corrected chi connectivity index (χ2v) is 8.50. The SMILES string of the molecule is C[C@@H]1C[C@@H](NS(=O)(=O)CC[C@H]2CCCO2)CN1c1ccccc1. The van der Waals surface area contributed by atoms with Crippen molar-refractivity contribution in [2.24, 2.45) is 0 Å². The third kappa shape index (κ3) is 4.46. The number of ether oxygens (including phenoxy) is 1. The molecule has 0 saturated carbocycles. The summed E-state index contributed by atoms with van der Waals surface area (Å²) >= 11 is 0. The first-order chi connectivity index (χ1) is 11.0. The molecular weight excluding hydrogens is 312 g/mol. The Labute approximate surface area is 139 Å². The zero-order chi connectivity index (χ0) is 16.3. The van der Waals surface area contributed by atoms with Crippen LogP contribution < -0.4 is 9.62 Å². The number of nitrogens with one attached hydrogen (secondary N) is 1. The van der Waals surface area contributed by atoms with Gasteiger partial charge in [-0.05, 0) is 44.7 Å². The van der Waals surface area contributed by atoms with Crippen molar-refractivity contribution in [1.82, 2.24) is 4.72 Å². The average Bonchev–Trinajstić information content (AvgIpc) is 3.15. The second-order valence-electron chi connectivity index (χ2n) is 6.63. The van der Waals surface area contributed by atoms with Crippen molar-refractivity contribution < 1.29 is 13.2 Å². The Kier molecular flexibility index (Phi) is 5.24. The molecule has 0 bridgehead atoms. The number of anilines is 1. The van der Waals surface area contributed by atoms with E-state index in [9.17, 15) is 8.42 Å². The maximum absolute atomic E-state index is 12.3. The van der Waals surface area contributed by atoms with E-state index in [1.54, 1.807) is 0 Å². The van der Waals surface area contributed by atoms with Crippen LogP contribution in [0.15, 0.2) is 30.3 Å². The van der Waals surface area contributed by atoms with E-state index in [2.05, 4.69) is 28.7 Å². The van der Waals surface area contributed by atoms with E-state index in [4.69, 9.17) is 4.74 Å². The molecule has 2 aliphatic rings. The molecule has 0 spiro atoms. The molecule has 1 aromatic rings. The van der Waals surface area contributed by atoms with Crippen LogP contribution in [0.5, 0.6) is 0 Å². The average molecular weight is 338 g/mol. The van der Waals surface area contributed by atoms with Gasteiger partial charge in [0.05, 0.1) is 11.9 Å². The molecule has 1 aromatic carbocycles. The van der Waals surface area contributed by atoms with Gasteiger partial charge < -0.3 is 9.64 Å². The lowest BCUT2D eigenvalue weighted by Gasteiger charge is -2.23. The minimum atomic E-state index is -3.24. The molecule has 2 heterocycles. The highest BCUT2D eigenvalue weighted by Crippen LogP contribution is 2.25. The number of nitrogens with zero attached hydrogens (tertiary/aromatic N) is 1. The van der Waals surface area contributed by atoms with E-state index in [-0.39, 0.29) is 17.9 Å². The molecule has 128 valence electrons. The summed E-state index contributed by atoms with van der Waals surface area (Å²) in [7, 11) is -3.24. The summed E-state index contributed by atoms with van der Waals surface area (Å²) < 4.78 is 33.0. The van der Waals surface area contributed by atoms with Crippen LogP contribution in [0.1, 0.15) is 32.6 Å². The van der Waals surface area contributed by atoms with Gasteiger partial charge in [0.1, 0.15) is 0 Å². The molecule has 0 aliphatic carbocycles. The summed E-state index contributed by atoms with van der Waals surface area (Å²) in [5, 5.41) is 0. The maximum atomic E-state index is 12.3. The number of benzene rings is 1. The number of hydrogen-bond acceptors (Lipinski definition) is 4. The zero-order valence-corrected chi connectivity index (χ0v) is 14.5. The fraction of sp³-hybridized carbons (Fsp3) is 0.647. The van der Waals surface area contributed by atoms with Gasteiger partial charge in [0.25, 0.3) is 0 Å². The lowest BCUT2D eigenvalue weighted by Crippen LogP contribution is -2.39. The van der Waals surface area contributed by atoms with Crippen molar-refractivity contribution in [3.8, 4) is 0 Å². The molecule has 1 N–H and O–H groups in total. The monoisotopic (exact) mass is 338 g/mol. The van der Waals surface area contributed by atoms with Crippen LogP contribution in [-0.4, -0.2) is 45.5 Å². The van der Waals surface area contributed by atoms with Gasteiger partial charge in [0.2, 0.25) is 10.0 Å². The molecule has 2 saturated heterocycles. The molecule has 2 aliphatic heterocycles. The van der Waals surface area contributed by atoms with Crippen LogP contribution in [-0.2, 0) is 14.8 Å². The predicted octanol–water partition coefficient (Wildman–Crippen LogP) is 2.14. The largest absolute Gasteiger partial charge is 0.378 e. The van der Waals surface area contributed by atoms with Crippen molar-refractivity contribution in [3.05, 3.63) is 30.3 Å². The van der Waals surface area contributed by atoms with E-state index < -0.39 is 10.0 Å². The quantitative estimate of drug-likeness (QED) is 0.863. The van der Waals surface area contributed by atoms with Crippen molar-refractivity contribution in [2.75, 3.05) is 23.8 Å². The smallest absolute Gasteiger partial charge is 0.212 e.